The molecule has 102 valence electrons. The summed E-state index contributed by atoms with van der Waals surface area (Å²) in [5, 5.41) is 3.13. The molecule has 0 aromatic heterocycles. The van der Waals surface area contributed by atoms with E-state index in [0.29, 0.717) is 18.7 Å². The van der Waals surface area contributed by atoms with Crippen molar-refractivity contribution < 1.29 is 14.0 Å². The van der Waals surface area contributed by atoms with Crippen LogP contribution in [0.15, 0.2) is 12.1 Å². The van der Waals surface area contributed by atoms with Crippen LogP contribution in [0, 0.1) is 12.7 Å². The molecule has 0 saturated carbocycles. The van der Waals surface area contributed by atoms with E-state index in [1.54, 1.807) is 13.0 Å². The number of anilines is 1. The van der Waals surface area contributed by atoms with E-state index in [1.807, 2.05) is 6.92 Å². The monoisotopic (exact) mass is 264 g/mol. The first-order valence-electron chi connectivity index (χ1n) is 6.43. The maximum absolute atomic E-state index is 14.0. The zero-order chi connectivity index (χ0) is 14.0. The van der Waals surface area contributed by atoms with Crippen LogP contribution in [-0.2, 0) is 4.79 Å². The average Bonchev–Trinajstić information content (AvgIpc) is 2.60. The maximum atomic E-state index is 14.0. The molecule has 0 saturated heterocycles. The number of fused-ring (bicyclic) bond motifs is 1. The number of nitrogens with zero attached hydrogens (tertiary/aromatic N) is 1. The molecule has 1 aromatic carbocycles. The van der Waals surface area contributed by atoms with Crippen LogP contribution >= 0.6 is 0 Å². The van der Waals surface area contributed by atoms with Gasteiger partial charge in [0.05, 0.1) is 11.3 Å². The fourth-order valence-electron chi connectivity index (χ4n) is 2.23. The van der Waals surface area contributed by atoms with Crippen molar-refractivity contribution in [3.05, 3.63) is 29.1 Å². The van der Waals surface area contributed by atoms with E-state index in [0.717, 1.165) is 13.0 Å². The Morgan fingerprint density at radius 3 is 2.68 bits per heavy atom. The van der Waals surface area contributed by atoms with Crippen LogP contribution in [-0.4, -0.2) is 31.3 Å². The van der Waals surface area contributed by atoms with Gasteiger partial charge in [-0.05, 0) is 37.6 Å². The van der Waals surface area contributed by atoms with Crippen LogP contribution in [0.3, 0.4) is 0 Å². The van der Waals surface area contributed by atoms with Crippen LogP contribution in [0.1, 0.15) is 29.3 Å². The second-order valence-corrected chi connectivity index (χ2v) is 4.68. The summed E-state index contributed by atoms with van der Waals surface area (Å²) in [6, 6.07) is 2.91. The number of rotatable bonds is 5. The number of carbonyl (C=O) groups excluding carboxylic acids is 2. The highest BCUT2D eigenvalue weighted by atomic mass is 19.1. The molecule has 0 bridgehead atoms. The lowest BCUT2D eigenvalue weighted by Crippen LogP contribution is -2.36. The predicted molar refractivity (Wildman–Crippen MR) is 71.0 cm³/mol. The molecule has 1 heterocycles. The summed E-state index contributed by atoms with van der Waals surface area (Å²) >= 11 is 0. The van der Waals surface area contributed by atoms with Gasteiger partial charge in [0, 0.05) is 13.1 Å². The van der Waals surface area contributed by atoms with Crippen molar-refractivity contribution in [2.24, 2.45) is 0 Å². The van der Waals surface area contributed by atoms with Crippen molar-refractivity contribution in [2.45, 2.75) is 20.3 Å². The lowest BCUT2D eigenvalue weighted by Gasteiger charge is -2.17. The second-order valence-electron chi connectivity index (χ2n) is 4.68. The number of nitrogens with one attached hydrogen (secondary N) is 1. The molecule has 1 amide bonds. The van der Waals surface area contributed by atoms with Gasteiger partial charge in [-0.3, -0.25) is 9.59 Å². The summed E-state index contributed by atoms with van der Waals surface area (Å²) in [6.07, 6.45) is 0.983. The van der Waals surface area contributed by atoms with Gasteiger partial charge in [-0.1, -0.05) is 6.92 Å². The van der Waals surface area contributed by atoms with Gasteiger partial charge in [0.15, 0.2) is 0 Å². The highest BCUT2D eigenvalue weighted by Crippen LogP contribution is 2.32. The Kier molecular flexibility index (Phi) is 3.95. The Balaban J connectivity index is 2.23. The summed E-state index contributed by atoms with van der Waals surface area (Å²) in [7, 11) is 0. The minimum Gasteiger partial charge on any atom is -0.315 e. The molecule has 0 radical (unpaired) electrons. The molecule has 1 aliphatic rings. The Hall–Kier alpha value is -1.75. The van der Waals surface area contributed by atoms with Gasteiger partial charge in [0.25, 0.3) is 11.7 Å². The number of aryl methyl sites for hydroxylation is 1. The number of amides is 1. The van der Waals surface area contributed by atoms with Gasteiger partial charge in [0.1, 0.15) is 5.82 Å². The molecule has 0 spiro atoms. The molecular formula is C14H17FN2O2. The highest BCUT2D eigenvalue weighted by Gasteiger charge is 2.37. The zero-order valence-corrected chi connectivity index (χ0v) is 11.1. The number of carbonyl (C=O) groups is 2. The molecule has 5 heteroatoms. The smallest absolute Gasteiger partial charge is 0.299 e. The van der Waals surface area contributed by atoms with Crippen molar-refractivity contribution >= 4 is 17.4 Å². The predicted octanol–water partition coefficient (Wildman–Crippen LogP) is 1.66. The molecule has 1 aliphatic heterocycles. The number of ketones is 1. The summed E-state index contributed by atoms with van der Waals surface area (Å²) in [5.74, 6) is -1.77. The van der Waals surface area contributed by atoms with E-state index in [9.17, 15) is 14.0 Å². The molecule has 0 unspecified atom stereocenters. The Labute approximate surface area is 111 Å². The lowest BCUT2D eigenvalue weighted by atomic mass is 10.1. The lowest BCUT2D eigenvalue weighted by molar-refractivity contribution is -0.114. The largest absolute Gasteiger partial charge is 0.315 e. The zero-order valence-electron chi connectivity index (χ0n) is 11.1. The fraction of sp³-hybridized carbons (Fsp3) is 0.429. The minimum atomic E-state index is -0.641. The number of hydrogen-bond acceptors (Lipinski definition) is 3. The van der Waals surface area contributed by atoms with E-state index < -0.39 is 17.5 Å². The standard InChI is InChI=1S/C14H17FN2O2/c1-3-4-16-5-6-17-12-10(13(18)14(17)19)7-9(2)8-11(12)15/h7-8,16H,3-6H2,1-2H3. The van der Waals surface area contributed by atoms with Crippen LogP contribution < -0.4 is 10.2 Å². The van der Waals surface area contributed by atoms with Gasteiger partial charge >= 0.3 is 0 Å². The number of benzene rings is 1. The third-order valence-corrected chi connectivity index (χ3v) is 3.10. The number of Topliss-reactive ketones (excluding diaryl/α,β-unsaturated/α-hetero) is 1. The van der Waals surface area contributed by atoms with E-state index in [-0.39, 0.29) is 11.3 Å². The van der Waals surface area contributed by atoms with Crippen LogP contribution in [0.4, 0.5) is 10.1 Å². The molecular weight excluding hydrogens is 247 g/mol. The maximum Gasteiger partial charge on any atom is 0.299 e. The normalized spacial score (nSPS) is 14.2. The Bertz CT molecular complexity index is 528. The SMILES string of the molecule is CCCNCCN1C(=O)C(=O)c2cc(C)cc(F)c21. The average molecular weight is 264 g/mol. The molecule has 1 aromatic rings. The van der Waals surface area contributed by atoms with E-state index in [4.69, 9.17) is 0 Å². The molecule has 19 heavy (non-hydrogen) atoms. The highest BCUT2D eigenvalue weighted by molar-refractivity contribution is 6.52. The molecule has 4 nitrogen and oxygen atoms in total. The van der Waals surface area contributed by atoms with Crippen LogP contribution in [0.5, 0.6) is 0 Å². The van der Waals surface area contributed by atoms with Crippen molar-refractivity contribution in [3.63, 3.8) is 0 Å². The number of hydrogen-bond donors (Lipinski definition) is 1. The van der Waals surface area contributed by atoms with Gasteiger partial charge in [-0.25, -0.2) is 4.39 Å². The Morgan fingerprint density at radius 2 is 2.00 bits per heavy atom. The molecule has 0 atom stereocenters. The summed E-state index contributed by atoms with van der Waals surface area (Å²) in [6.45, 7) is 5.41. The number of halogens is 1. The molecule has 1 N–H and O–H groups in total. The van der Waals surface area contributed by atoms with Crippen LogP contribution in [0.2, 0.25) is 0 Å². The summed E-state index contributed by atoms with van der Waals surface area (Å²) in [4.78, 5) is 24.9. The fourth-order valence-corrected chi connectivity index (χ4v) is 2.23. The molecule has 0 fully saturated rings. The first-order valence-corrected chi connectivity index (χ1v) is 6.43. The van der Waals surface area contributed by atoms with Crippen molar-refractivity contribution in [1.29, 1.82) is 0 Å². The third-order valence-electron chi connectivity index (χ3n) is 3.10. The minimum absolute atomic E-state index is 0.124. The quantitative estimate of drug-likeness (QED) is 0.650. The van der Waals surface area contributed by atoms with Gasteiger partial charge in [-0.2, -0.15) is 0 Å². The van der Waals surface area contributed by atoms with Crippen molar-refractivity contribution in [3.8, 4) is 0 Å². The molecule has 0 aliphatic carbocycles. The Morgan fingerprint density at radius 1 is 1.26 bits per heavy atom. The van der Waals surface area contributed by atoms with Gasteiger partial charge in [-0.15, -0.1) is 0 Å². The first-order chi connectivity index (χ1) is 9.06. The van der Waals surface area contributed by atoms with Crippen LogP contribution in [0.25, 0.3) is 0 Å². The van der Waals surface area contributed by atoms with E-state index in [2.05, 4.69) is 5.32 Å². The third kappa shape index (κ3) is 2.51. The molecule has 2 rings (SSSR count). The van der Waals surface area contributed by atoms with Crippen molar-refractivity contribution in [2.75, 3.05) is 24.5 Å². The summed E-state index contributed by atoms with van der Waals surface area (Å²) < 4.78 is 14.0. The van der Waals surface area contributed by atoms with E-state index in [1.165, 1.54) is 11.0 Å². The van der Waals surface area contributed by atoms with E-state index >= 15 is 0 Å². The summed E-state index contributed by atoms with van der Waals surface area (Å²) in [5.41, 5.74) is 0.945. The second kappa shape index (κ2) is 5.48. The van der Waals surface area contributed by atoms with Crippen molar-refractivity contribution in [1.82, 2.24) is 5.32 Å². The first kappa shape index (κ1) is 13.7. The van der Waals surface area contributed by atoms with Gasteiger partial charge in [0.2, 0.25) is 0 Å². The van der Waals surface area contributed by atoms with Gasteiger partial charge < -0.3 is 10.2 Å². The topological polar surface area (TPSA) is 49.4 Å².